The van der Waals surface area contributed by atoms with Crippen LogP contribution >= 0.6 is 0 Å². The molecule has 0 aliphatic rings. The van der Waals surface area contributed by atoms with Gasteiger partial charge in [-0.25, -0.2) is 21.6 Å². The van der Waals surface area contributed by atoms with Crippen molar-refractivity contribution in [1.82, 2.24) is 4.72 Å². The van der Waals surface area contributed by atoms with Gasteiger partial charge in [0.2, 0.25) is 10.0 Å². The largest absolute Gasteiger partial charge is 0.240 e. The molecule has 0 unspecified atom stereocenters. The van der Waals surface area contributed by atoms with Gasteiger partial charge in [-0.05, 0) is 24.6 Å². The second-order valence-corrected chi connectivity index (χ2v) is 8.05. The predicted octanol–water partition coefficient (Wildman–Crippen LogP) is 0.271. The Balaban J connectivity index is 2.69. The topological polar surface area (TPSA) is 104 Å². The molecule has 0 atom stereocenters. The summed E-state index contributed by atoms with van der Waals surface area (Å²) in [6.45, 7) is 0.0339. The number of sulfone groups is 1. The fourth-order valence-corrected chi connectivity index (χ4v) is 3.15. The molecule has 0 heterocycles. The Morgan fingerprint density at radius 3 is 2.53 bits per heavy atom. The van der Waals surface area contributed by atoms with Gasteiger partial charge in [-0.2, -0.15) is 5.26 Å². The Hall–Kier alpha value is -1.43. The van der Waals surface area contributed by atoms with E-state index in [4.69, 9.17) is 5.26 Å². The average molecular weight is 302 g/mol. The summed E-state index contributed by atoms with van der Waals surface area (Å²) >= 11 is 0. The molecular formula is C11H14N2O4S2. The quantitative estimate of drug-likeness (QED) is 0.760. The maximum atomic E-state index is 11.9. The molecule has 0 aliphatic carbocycles. The van der Waals surface area contributed by atoms with Gasteiger partial charge in [0, 0.05) is 12.8 Å². The smallest absolute Gasteiger partial charge is 0.229 e. The predicted molar refractivity (Wildman–Crippen MR) is 70.7 cm³/mol. The molecule has 6 nitrogen and oxygen atoms in total. The molecule has 1 aromatic carbocycles. The highest BCUT2D eigenvalue weighted by molar-refractivity contribution is 7.90. The molecule has 0 aliphatic heterocycles. The van der Waals surface area contributed by atoms with Crippen LogP contribution in [0.1, 0.15) is 12.0 Å². The number of nitrogens with one attached hydrogen (secondary N) is 1. The van der Waals surface area contributed by atoms with Crippen LogP contribution in [0.15, 0.2) is 29.2 Å². The van der Waals surface area contributed by atoms with Gasteiger partial charge in [-0.1, -0.05) is 6.07 Å². The molecule has 0 saturated carbocycles. The van der Waals surface area contributed by atoms with Crippen molar-refractivity contribution in [3.8, 4) is 6.07 Å². The number of sulfonamides is 1. The lowest BCUT2D eigenvalue weighted by molar-refractivity contribution is 0.577. The summed E-state index contributed by atoms with van der Waals surface area (Å²) < 4.78 is 47.8. The first kappa shape index (κ1) is 15.6. The maximum absolute atomic E-state index is 11.9. The first-order valence-corrected chi connectivity index (χ1v) is 8.96. The number of benzene rings is 1. The minimum Gasteiger partial charge on any atom is -0.229 e. The van der Waals surface area contributed by atoms with E-state index in [-0.39, 0.29) is 29.2 Å². The third kappa shape index (κ3) is 5.38. The molecule has 19 heavy (non-hydrogen) atoms. The molecule has 0 bridgehead atoms. The molecule has 0 radical (unpaired) electrons. The lowest BCUT2D eigenvalue weighted by atomic mass is 10.2. The van der Waals surface area contributed by atoms with Crippen molar-refractivity contribution in [3.63, 3.8) is 0 Å². The van der Waals surface area contributed by atoms with E-state index in [1.54, 1.807) is 0 Å². The van der Waals surface area contributed by atoms with E-state index in [1.165, 1.54) is 24.3 Å². The summed E-state index contributed by atoms with van der Waals surface area (Å²) in [7, 11) is -6.80. The molecule has 0 aromatic heterocycles. The van der Waals surface area contributed by atoms with Gasteiger partial charge < -0.3 is 0 Å². The van der Waals surface area contributed by atoms with Crippen LogP contribution < -0.4 is 4.72 Å². The van der Waals surface area contributed by atoms with Gasteiger partial charge in [-0.3, -0.25) is 0 Å². The Labute approximate surface area is 113 Å². The van der Waals surface area contributed by atoms with Crippen molar-refractivity contribution >= 4 is 19.9 Å². The summed E-state index contributed by atoms with van der Waals surface area (Å²) in [6.07, 6.45) is 1.30. The van der Waals surface area contributed by atoms with Crippen LogP contribution in [0.2, 0.25) is 0 Å². The van der Waals surface area contributed by atoms with Crippen molar-refractivity contribution in [2.75, 3.05) is 18.6 Å². The van der Waals surface area contributed by atoms with Gasteiger partial charge in [0.15, 0.2) is 0 Å². The van der Waals surface area contributed by atoms with Crippen molar-refractivity contribution in [3.05, 3.63) is 29.8 Å². The summed E-state index contributed by atoms with van der Waals surface area (Å²) in [5.74, 6) is -0.0756. The molecule has 8 heteroatoms. The van der Waals surface area contributed by atoms with Gasteiger partial charge >= 0.3 is 0 Å². The normalized spacial score (nSPS) is 12.0. The van der Waals surface area contributed by atoms with Crippen LogP contribution in [-0.4, -0.2) is 35.4 Å². The average Bonchev–Trinajstić information content (AvgIpc) is 2.34. The van der Waals surface area contributed by atoms with Crippen molar-refractivity contribution < 1.29 is 16.8 Å². The molecule has 104 valence electrons. The molecule has 1 aromatic rings. The summed E-state index contributed by atoms with van der Waals surface area (Å²) in [4.78, 5) is -0.00842. The van der Waals surface area contributed by atoms with E-state index in [0.29, 0.717) is 0 Å². The molecule has 0 fully saturated rings. The van der Waals surface area contributed by atoms with E-state index in [1.807, 2.05) is 6.07 Å². The minimum atomic E-state index is -3.71. The minimum absolute atomic E-state index is 0.00842. The first-order chi connectivity index (χ1) is 8.74. The number of nitrogens with zero attached hydrogens (tertiary/aromatic N) is 1. The molecule has 0 spiro atoms. The van der Waals surface area contributed by atoms with Crippen LogP contribution in [0.25, 0.3) is 0 Å². The second-order valence-electron chi connectivity index (χ2n) is 4.02. The van der Waals surface area contributed by atoms with Crippen LogP contribution in [0, 0.1) is 11.3 Å². The van der Waals surface area contributed by atoms with Crippen LogP contribution in [0.3, 0.4) is 0 Å². The zero-order chi connectivity index (χ0) is 14.5. The van der Waals surface area contributed by atoms with Crippen LogP contribution in [0.5, 0.6) is 0 Å². The van der Waals surface area contributed by atoms with Gasteiger partial charge in [0.25, 0.3) is 0 Å². The highest BCUT2D eigenvalue weighted by Crippen LogP contribution is 2.10. The van der Waals surface area contributed by atoms with Gasteiger partial charge in [-0.15, -0.1) is 0 Å². The van der Waals surface area contributed by atoms with E-state index in [0.717, 1.165) is 6.26 Å². The van der Waals surface area contributed by atoms with Crippen LogP contribution in [-0.2, 0) is 19.9 Å². The van der Waals surface area contributed by atoms with E-state index in [9.17, 15) is 16.8 Å². The number of hydrogen-bond acceptors (Lipinski definition) is 5. The van der Waals surface area contributed by atoms with E-state index in [2.05, 4.69) is 4.72 Å². The molecular weight excluding hydrogens is 288 g/mol. The van der Waals surface area contributed by atoms with Gasteiger partial charge in [0.05, 0.1) is 22.3 Å². The Kier molecular flexibility index (Phi) is 5.05. The molecule has 1 rings (SSSR count). The highest BCUT2D eigenvalue weighted by atomic mass is 32.2. The third-order valence-electron chi connectivity index (χ3n) is 2.26. The standard InChI is InChI=1S/C11H14N2O4S2/c1-18(14,15)7-3-6-13-19(16,17)11-5-2-4-10(8-11)9-12/h2,4-5,8,13H,3,6-7H2,1H3. The van der Waals surface area contributed by atoms with E-state index < -0.39 is 19.9 Å². The van der Waals surface area contributed by atoms with Gasteiger partial charge in [0.1, 0.15) is 9.84 Å². The lowest BCUT2D eigenvalue weighted by Gasteiger charge is -2.06. The zero-order valence-electron chi connectivity index (χ0n) is 10.3. The lowest BCUT2D eigenvalue weighted by Crippen LogP contribution is -2.26. The van der Waals surface area contributed by atoms with Crippen LogP contribution in [0.4, 0.5) is 0 Å². The summed E-state index contributed by atoms with van der Waals surface area (Å²) in [5.41, 5.74) is 0.249. The first-order valence-electron chi connectivity index (χ1n) is 5.42. The monoisotopic (exact) mass is 302 g/mol. The number of nitriles is 1. The Bertz CT molecular complexity index is 688. The Morgan fingerprint density at radius 2 is 1.95 bits per heavy atom. The van der Waals surface area contributed by atoms with E-state index >= 15 is 0 Å². The van der Waals surface area contributed by atoms with Crippen molar-refractivity contribution in [2.45, 2.75) is 11.3 Å². The van der Waals surface area contributed by atoms with Crippen molar-refractivity contribution in [1.29, 1.82) is 5.26 Å². The van der Waals surface area contributed by atoms with Crippen molar-refractivity contribution in [2.24, 2.45) is 0 Å². The fraction of sp³-hybridized carbons (Fsp3) is 0.364. The second kappa shape index (κ2) is 6.14. The zero-order valence-corrected chi connectivity index (χ0v) is 12.0. The number of hydrogen-bond donors (Lipinski definition) is 1. The fourth-order valence-electron chi connectivity index (χ4n) is 1.36. The summed E-state index contributed by atoms with van der Waals surface area (Å²) in [6, 6.07) is 7.47. The highest BCUT2D eigenvalue weighted by Gasteiger charge is 2.14. The SMILES string of the molecule is CS(=O)(=O)CCCNS(=O)(=O)c1cccc(C#N)c1. The third-order valence-corrected chi connectivity index (χ3v) is 4.75. The molecule has 0 amide bonds. The summed E-state index contributed by atoms with van der Waals surface area (Å²) in [5, 5.41) is 8.70. The maximum Gasteiger partial charge on any atom is 0.240 e. The molecule has 1 N–H and O–H groups in total. The molecule has 0 saturated heterocycles. The number of rotatable bonds is 6. The Morgan fingerprint density at radius 1 is 1.26 bits per heavy atom.